The monoisotopic (exact) mass is 371 g/mol. The quantitative estimate of drug-likeness (QED) is 0.599. The number of rotatable bonds is 4. The van der Waals surface area contributed by atoms with E-state index in [-0.39, 0.29) is 0 Å². The van der Waals surface area contributed by atoms with Gasteiger partial charge in [0.1, 0.15) is 17.5 Å². The third kappa shape index (κ3) is 3.81. The lowest BCUT2D eigenvalue weighted by atomic mass is 9.99. The second-order valence-corrected chi connectivity index (χ2v) is 7.49. The van der Waals surface area contributed by atoms with Crippen LogP contribution in [0.25, 0.3) is 0 Å². The molecule has 2 atom stereocenters. The number of nitrogens with zero attached hydrogens (tertiary/aromatic N) is 7. The SMILES string of the molecule is CCc1nc2n(n1)CC(NC(=NC)NCC1CCc3nnc(C)n3C1)CC2. The lowest BCUT2D eigenvalue weighted by Gasteiger charge is -2.28. The van der Waals surface area contributed by atoms with Crippen molar-refractivity contribution in [3.63, 3.8) is 0 Å². The van der Waals surface area contributed by atoms with Crippen molar-refractivity contribution >= 4 is 5.96 Å². The van der Waals surface area contributed by atoms with Gasteiger partial charge in [0, 0.05) is 45.4 Å². The first-order valence-electron chi connectivity index (χ1n) is 9.94. The molecule has 0 saturated carbocycles. The number of aryl methyl sites for hydroxylation is 4. The molecule has 27 heavy (non-hydrogen) atoms. The Labute approximate surface area is 159 Å². The minimum Gasteiger partial charge on any atom is -0.356 e. The summed E-state index contributed by atoms with van der Waals surface area (Å²) in [5, 5.41) is 20.1. The average Bonchev–Trinajstić information content (AvgIpc) is 3.28. The molecule has 0 bridgehead atoms. The van der Waals surface area contributed by atoms with Crippen LogP contribution in [0, 0.1) is 12.8 Å². The molecule has 0 amide bonds. The number of aliphatic imine (C=N–C) groups is 1. The van der Waals surface area contributed by atoms with E-state index in [0.717, 1.165) is 81.0 Å². The molecule has 146 valence electrons. The Balaban J connectivity index is 1.30. The highest BCUT2D eigenvalue weighted by molar-refractivity contribution is 5.79. The van der Waals surface area contributed by atoms with Gasteiger partial charge in [0.25, 0.3) is 0 Å². The van der Waals surface area contributed by atoms with Gasteiger partial charge < -0.3 is 15.2 Å². The van der Waals surface area contributed by atoms with Crippen molar-refractivity contribution in [2.75, 3.05) is 13.6 Å². The molecule has 2 aliphatic heterocycles. The number of guanidine groups is 1. The molecule has 2 unspecified atom stereocenters. The smallest absolute Gasteiger partial charge is 0.191 e. The highest BCUT2D eigenvalue weighted by atomic mass is 15.4. The highest BCUT2D eigenvalue weighted by Crippen LogP contribution is 2.19. The molecule has 2 aromatic rings. The van der Waals surface area contributed by atoms with Crippen molar-refractivity contribution in [1.29, 1.82) is 0 Å². The molecule has 9 nitrogen and oxygen atoms in total. The molecule has 2 aliphatic rings. The largest absolute Gasteiger partial charge is 0.356 e. The van der Waals surface area contributed by atoms with Crippen LogP contribution in [0.5, 0.6) is 0 Å². The van der Waals surface area contributed by atoms with E-state index in [4.69, 9.17) is 0 Å². The summed E-state index contributed by atoms with van der Waals surface area (Å²) in [6.45, 7) is 6.84. The van der Waals surface area contributed by atoms with Gasteiger partial charge in [0.05, 0.1) is 6.54 Å². The molecule has 2 aromatic heterocycles. The molecule has 0 aromatic carbocycles. The van der Waals surface area contributed by atoms with Crippen LogP contribution in [0.4, 0.5) is 0 Å². The van der Waals surface area contributed by atoms with Crippen LogP contribution >= 0.6 is 0 Å². The lowest BCUT2D eigenvalue weighted by molar-refractivity contribution is 0.354. The van der Waals surface area contributed by atoms with E-state index in [2.05, 4.69) is 47.4 Å². The van der Waals surface area contributed by atoms with Crippen LogP contribution in [0.15, 0.2) is 4.99 Å². The van der Waals surface area contributed by atoms with Crippen LogP contribution in [0.1, 0.15) is 43.1 Å². The van der Waals surface area contributed by atoms with Gasteiger partial charge in [0.2, 0.25) is 0 Å². The Bertz CT molecular complexity index is 819. The van der Waals surface area contributed by atoms with Crippen LogP contribution in [-0.4, -0.2) is 55.1 Å². The number of nitrogens with one attached hydrogen (secondary N) is 2. The molecule has 0 saturated heterocycles. The van der Waals surface area contributed by atoms with E-state index in [1.165, 1.54) is 0 Å². The van der Waals surface area contributed by atoms with Gasteiger partial charge in [0.15, 0.2) is 11.8 Å². The summed E-state index contributed by atoms with van der Waals surface area (Å²) in [4.78, 5) is 9.00. The van der Waals surface area contributed by atoms with Crippen molar-refractivity contribution in [2.24, 2.45) is 10.9 Å². The molecule has 0 fully saturated rings. The van der Waals surface area contributed by atoms with Gasteiger partial charge in [-0.05, 0) is 25.7 Å². The molecule has 0 radical (unpaired) electrons. The third-order valence-electron chi connectivity index (χ3n) is 5.57. The van der Waals surface area contributed by atoms with Crippen LogP contribution in [0.3, 0.4) is 0 Å². The van der Waals surface area contributed by atoms with Crippen LogP contribution in [0.2, 0.25) is 0 Å². The fourth-order valence-corrected chi connectivity index (χ4v) is 3.95. The minimum absolute atomic E-state index is 0.327. The first-order chi connectivity index (χ1) is 13.2. The third-order valence-corrected chi connectivity index (χ3v) is 5.57. The van der Waals surface area contributed by atoms with Gasteiger partial charge in [-0.2, -0.15) is 5.10 Å². The summed E-state index contributed by atoms with van der Waals surface area (Å²) < 4.78 is 4.29. The minimum atomic E-state index is 0.327. The zero-order valence-corrected chi connectivity index (χ0v) is 16.4. The van der Waals surface area contributed by atoms with Crippen molar-refractivity contribution in [2.45, 2.75) is 65.1 Å². The summed E-state index contributed by atoms with van der Waals surface area (Å²) in [6.07, 6.45) is 5.02. The highest BCUT2D eigenvalue weighted by Gasteiger charge is 2.24. The average molecular weight is 371 g/mol. The summed E-state index contributed by atoms with van der Waals surface area (Å²) in [6, 6.07) is 0.327. The van der Waals surface area contributed by atoms with E-state index in [1.807, 2.05) is 18.7 Å². The number of hydrogen-bond donors (Lipinski definition) is 2. The second kappa shape index (κ2) is 7.66. The number of hydrogen-bond acceptors (Lipinski definition) is 5. The summed E-state index contributed by atoms with van der Waals surface area (Å²) in [7, 11) is 1.83. The normalized spacial score (nSPS) is 22.3. The zero-order valence-electron chi connectivity index (χ0n) is 16.4. The molecule has 4 heterocycles. The molecule has 4 rings (SSSR count). The first kappa shape index (κ1) is 17.9. The number of aromatic nitrogens is 6. The van der Waals surface area contributed by atoms with Crippen molar-refractivity contribution in [1.82, 2.24) is 40.2 Å². The second-order valence-electron chi connectivity index (χ2n) is 7.49. The first-order valence-corrected chi connectivity index (χ1v) is 9.94. The summed E-state index contributed by atoms with van der Waals surface area (Å²) in [5.74, 6) is 5.60. The fraction of sp³-hybridized carbons (Fsp3) is 0.722. The van der Waals surface area contributed by atoms with Crippen molar-refractivity contribution in [3.05, 3.63) is 23.3 Å². The van der Waals surface area contributed by atoms with Gasteiger partial charge in [-0.1, -0.05) is 6.92 Å². The van der Waals surface area contributed by atoms with Crippen LogP contribution in [-0.2, 0) is 32.4 Å². The standard InChI is InChI=1S/C18H29N9/c1-4-15-22-16-8-6-14(11-27(16)25-15)21-18(19-3)20-9-13-5-7-17-24-23-12(2)26(17)10-13/h13-14H,4-11H2,1-3H3,(H2,19,20,21). The van der Waals surface area contributed by atoms with Crippen molar-refractivity contribution < 1.29 is 0 Å². The topological polar surface area (TPSA) is 97.8 Å². The number of fused-ring (bicyclic) bond motifs is 2. The maximum atomic E-state index is 4.59. The van der Waals surface area contributed by atoms with Crippen LogP contribution < -0.4 is 10.6 Å². The van der Waals surface area contributed by atoms with E-state index < -0.39 is 0 Å². The predicted octanol–water partition coefficient (Wildman–Crippen LogP) is 0.483. The summed E-state index contributed by atoms with van der Waals surface area (Å²) >= 11 is 0. The lowest BCUT2D eigenvalue weighted by Crippen LogP contribution is -2.48. The molecular weight excluding hydrogens is 342 g/mol. The fourth-order valence-electron chi connectivity index (χ4n) is 3.95. The van der Waals surface area contributed by atoms with E-state index in [1.54, 1.807) is 0 Å². The molecule has 2 N–H and O–H groups in total. The van der Waals surface area contributed by atoms with E-state index in [0.29, 0.717) is 12.0 Å². The molecule has 0 aliphatic carbocycles. The van der Waals surface area contributed by atoms with Gasteiger partial charge >= 0.3 is 0 Å². The maximum absolute atomic E-state index is 4.59. The Hall–Kier alpha value is -2.45. The van der Waals surface area contributed by atoms with Gasteiger partial charge in [-0.15, -0.1) is 10.2 Å². The van der Waals surface area contributed by atoms with E-state index >= 15 is 0 Å². The molecular formula is C18H29N9. The Morgan fingerprint density at radius 1 is 1.19 bits per heavy atom. The summed E-state index contributed by atoms with van der Waals surface area (Å²) in [5.41, 5.74) is 0. The Morgan fingerprint density at radius 3 is 2.85 bits per heavy atom. The van der Waals surface area contributed by atoms with Crippen molar-refractivity contribution in [3.8, 4) is 0 Å². The Kier molecular flexibility index (Phi) is 5.09. The predicted molar refractivity (Wildman–Crippen MR) is 103 cm³/mol. The Morgan fingerprint density at radius 2 is 2.04 bits per heavy atom. The molecule has 0 spiro atoms. The van der Waals surface area contributed by atoms with Gasteiger partial charge in [-0.3, -0.25) is 4.99 Å². The van der Waals surface area contributed by atoms with Gasteiger partial charge in [-0.25, -0.2) is 9.67 Å². The maximum Gasteiger partial charge on any atom is 0.191 e. The molecule has 9 heteroatoms. The van der Waals surface area contributed by atoms with E-state index in [9.17, 15) is 0 Å². The zero-order chi connectivity index (χ0) is 18.8.